The second-order valence-corrected chi connectivity index (χ2v) is 4.81. The van der Waals surface area contributed by atoms with Crippen molar-refractivity contribution in [1.82, 2.24) is 5.16 Å². The molecule has 0 aliphatic rings. The van der Waals surface area contributed by atoms with E-state index in [1.54, 1.807) is 19.9 Å². The molecule has 0 radical (unpaired) electrons. The summed E-state index contributed by atoms with van der Waals surface area (Å²) in [5.74, 6) is 0.288. The van der Waals surface area contributed by atoms with E-state index in [0.717, 1.165) is 6.07 Å². The number of hydrogen-bond acceptors (Lipinski definition) is 4. The molecule has 2 aromatic rings. The zero-order chi connectivity index (χ0) is 15.4. The molecule has 0 unspecified atom stereocenters. The molecule has 0 aliphatic heterocycles. The van der Waals surface area contributed by atoms with Crippen LogP contribution in [-0.4, -0.2) is 17.2 Å². The third kappa shape index (κ3) is 3.95. The average Bonchev–Trinajstić information content (AvgIpc) is 2.83. The van der Waals surface area contributed by atoms with Gasteiger partial charge in [-0.05, 0) is 31.5 Å². The molecule has 7 heteroatoms. The summed E-state index contributed by atoms with van der Waals surface area (Å²) in [5.41, 5.74) is 0. The van der Waals surface area contributed by atoms with E-state index >= 15 is 0 Å². The normalized spacial score (nSPS) is 12.0. The number of ether oxygens (including phenoxy) is 1. The van der Waals surface area contributed by atoms with Gasteiger partial charge in [-0.25, -0.2) is 4.39 Å². The molecule has 0 fully saturated rings. The Morgan fingerprint density at radius 2 is 2.29 bits per heavy atom. The first-order chi connectivity index (χ1) is 9.99. The van der Waals surface area contributed by atoms with Crippen LogP contribution in [0.5, 0.6) is 5.75 Å². The number of benzene rings is 1. The fourth-order valence-electron chi connectivity index (χ4n) is 1.68. The monoisotopic (exact) mass is 312 g/mol. The maximum atomic E-state index is 13.0. The smallest absolute Gasteiger partial charge is 0.266 e. The van der Waals surface area contributed by atoms with Crippen molar-refractivity contribution in [2.24, 2.45) is 0 Å². The summed E-state index contributed by atoms with van der Waals surface area (Å²) < 4.78 is 23.4. The third-order valence-electron chi connectivity index (χ3n) is 2.71. The van der Waals surface area contributed by atoms with Gasteiger partial charge in [0.15, 0.2) is 11.9 Å². The Balaban J connectivity index is 2.06. The average molecular weight is 313 g/mol. The van der Waals surface area contributed by atoms with Crippen molar-refractivity contribution in [3.8, 4) is 5.75 Å². The molecule has 0 spiro atoms. The summed E-state index contributed by atoms with van der Waals surface area (Å²) in [6.45, 7) is 3.50. The predicted molar refractivity (Wildman–Crippen MR) is 76.0 cm³/mol. The van der Waals surface area contributed by atoms with Crippen LogP contribution < -0.4 is 10.1 Å². The largest absolute Gasteiger partial charge is 0.479 e. The van der Waals surface area contributed by atoms with E-state index in [2.05, 4.69) is 10.5 Å². The second kappa shape index (κ2) is 6.58. The van der Waals surface area contributed by atoms with Gasteiger partial charge in [0, 0.05) is 6.07 Å². The Morgan fingerprint density at radius 1 is 1.52 bits per heavy atom. The molecular formula is C14H14ClFN2O3. The number of carbonyl (C=O) groups is 1. The number of anilines is 1. The van der Waals surface area contributed by atoms with Gasteiger partial charge in [-0.3, -0.25) is 4.79 Å². The predicted octanol–water partition coefficient (Wildman–Crippen LogP) is 3.57. The number of hydrogen-bond donors (Lipinski definition) is 1. The third-order valence-corrected chi connectivity index (χ3v) is 3.00. The Kier molecular flexibility index (Phi) is 4.80. The zero-order valence-corrected chi connectivity index (χ0v) is 12.3. The Morgan fingerprint density at radius 3 is 2.86 bits per heavy atom. The second-order valence-electron chi connectivity index (χ2n) is 4.40. The lowest BCUT2D eigenvalue weighted by Crippen LogP contribution is -2.32. The highest BCUT2D eigenvalue weighted by Crippen LogP contribution is 2.26. The van der Waals surface area contributed by atoms with Gasteiger partial charge in [-0.1, -0.05) is 23.7 Å². The summed E-state index contributed by atoms with van der Waals surface area (Å²) in [6.07, 6.45) is -0.360. The molecule has 1 heterocycles. The van der Waals surface area contributed by atoms with Crippen molar-refractivity contribution in [2.45, 2.75) is 26.4 Å². The number of nitrogens with one attached hydrogen (secondary N) is 1. The van der Waals surface area contributed by atoms with Gasteiger partial charge in [-0.2, -0.15) is 0 Å². The first-order valence-corrected chi connectivity index (χ1v) is 6.73. The van der Waals surface area contributed by atoms with Crippen LogP contribution in [0.4, 0.5) is 10.2 Å². The van der Waals surface area contributed by atoms with Gasteiger partial charge in [-0.15, -0.1) is 0 Å². The number of carbonyl (C=O) groups excluding carboxylic acids is 1. The van der Waals surface area contributed by atoms with Crippen LogP contribution in [0.2, 0.25) is 5.02 Å². The standard InChI is InChI=1S/C14H14ClFN2O3/c1-3-11(14(19)17-13-6-8(2)21-18-13)20-12-5-4-9(16)7-10(12)15/h4-7,11H,3H2,1-2H3,(H,17,18,19)/t11-/m1/s1. The van der Waals surface area contributed by atoms with Gasteiger partial charge < -0.3 is 14.6 Å². The molecule has 1 amide bonds. The lowest BCUT2D eigenvalue weighted by Gasteiger charge is -2.17. The van der Waals surface area contributed by atoms with E-state index < -0.39 is 11.9 Å². The van der Waals surface area contributed by atoms with Crippen molar-refractivity contribution in [3.63, 3.8) is 0 Å². The molecule has 21 heavy (non-hydrogen) atoms. The fourth-order valence-corrected chi connectivity index (χ4v) is 1.89. The maximum absolute atomic E-state index is 13.0. The van der Waals surface area contributed by atoms with Crippen molar-refractivity contribution in [1.29, 1.82) is 0 Å². The molecule has 0 bridgehead atoms. The molecule has 1 N–H and O–H groups in total. The van der Waals surface area contributed by atoms with Crippen LogP contribution in [0.25, 0.3) is 0 Å². The van der Waals surface area contributed by atoms with Gasteiger partial charge in [0.25, 0.3) is 5.91 Å². The van der Waals surface area contributed by atoms with E-state index in [9.17, 15) is 9.18 Å². The number of aromatic nitrogens is 1. The highest BCUT2D eigenvalue weighted by Gasteiger charge is 2.21. The van der Waals surface area contributed by atoms with Gasteiger partial charge in [0.05, 0.1) is 5.02 Å². The van der Waals surface area contributed by atoms with E-state index in [4.69, 9.17) is 20.9 Å². The fraction of sp³-hybridized carbons (Fsp3) is 0.286. The Labute approximate surface area is 126 Å². The summed E-state index contributed by atoms with van der Waals surface area (Å²) in [4.78, 5) is 12.1. The lowest BCUT2D eigenvalue weighted by molar-refractivity contribution is -0.122. The first kappa shape index (κ1) is 15.3. The number of nitrogens with zero attached hydrogens (tertiary/aromatic N) is 1. The van der Waals surface area contributed by atoms with Crippen molar-refractivity contribution in [2.75, 3.05) is 5.32 Å². The van der Waals surface area contributed by atoms with E-state index in [1.165, 1.54) is 12.1 Å². The van der Waals surface area contributed by atoms with Crippen LogP contribution in [0.3, 0.4) is 0 Å². The number of halogens is 2. The molecule has 1 aromatic heterocycles. The van der Waals surface area contributed by atoms with Crippen LogP contribution in [0, 0.1) is 12.7 Å². The highest BCUT2D eigenvalue weighted by atomic mass is 35.5. The summed E-state index contributed by atoms with van der Waals surface area (Å²) in [6, 6.07) is 5.32. The van der Waals surface area contributed by atoms with Crippen LogP contribution >= 0.6 is 11.6 Å². The lowest BCUT2D eigenvalue weighted by atomic mass is 10.2. The van der Waals surface area contributed by atoms with Crippen LogP contribution in [-0.2, 0) is 4.79 Å². The van der Waals surface area contributed by atoms with Gasteiger partial charge in [0.2, 0.25) is 0 Å². The van der Waals surface area contributed by atoms with Crippen molar-refractivity contribution < 1.29 is 18.4 Å². The van der Waals surface area contributed by atoms with Gasteiger partial charge >= 0.3 is 0 Å². The molecule has 1 aromatic carbocycles. The number of rotatable bonds is 5. The SMILES string of the molecule is CC[C@@H](Oc1ccc(F)cc1Cl)C(=O)Nc1cc(C)on1. The van der Waals surface area contributed by atoms with E-state index in [1.807, 2.05) is 0 Å². The topological polar surface area (TPSA) is 64.4 Å². The number of amides is 1. The van der Waals surface area contributed by atoms with Gasteiger partial charge in [0.1, 0.15) is 17.3 Å². The minimum Gasteiger partial charge on any atom is -0.479 e. The maximum Gasteiger partial charge on any atom is 0.266 e. The molecular weight excluding hydrogens is 299 g/mol. The zero-order valence-electron chi connectivity index (χ0n) is 11.5. The summed E-state index contributed by atoms with van der Waals surface area (Å²) >= 11 is 5.87. The summed E-state index contributed by atoms with van der Waals surface area (Å²) in [5, 5.41) is 6.36. The Bertz CT molecular complexity index is 645. The Hall–Kier alpha value is -2.08. The molecule has 2 rings (SSSR count). The first-order valence-electron chi connectivity index (χ1n) is 6.35. The molecule has 1 atom stereocenters. The molecule has 0 saturated carbocycles. The molecule has 0 saturated heterocycles. The molecule has 112 valence electrons. The highest BCUT2D eigenvalue weighted by molar-refractivity contribution is 6.32. The quantitative estimate of drug-likeness (QED) is 0.916. The molecule has 5 nitrogen and oxygen atoms in total. The van der Waals surface area contributed by atoms with Crippen molar-refractivity contribution >= 4 is 23.3 Å². The number of aryl methyl sites for hydroxylation is 1. The minimum atomic E-state index is -0.773. The van der Waals surface area contributed by atoms with Crippen molar-refractivity contribution in [3.05, 3.63) is 40.9 Å². The molecule has 0 aliphatic carbocycles. The van der Waals surface area contributed by atoms with E-state index in [-0.39, 0.29) is 16.7 Å². The minimum absolute atomic E-state index is 0.110. The van der Waals surface area contributed by atoms with Crippen LogP contribution in [0.15, 0.2) is 28.8 Å². The van der Waals surface area contributed by atoms with Crippen LogP contribution in [0.1, 0.15) is 19.1 Å². The summed E-state index contributed by atoms with van der Waals surface area (Å²) in [7, 11) is 0. The van der Waals surface area contributed by atoms with E-state index in [0.29, 0.717) is 18.0 Å².